The molecule has 9 heteroatoms. The van der Waals surface area contributed by atoms with Crippen molar-refractivity contribution in [1.29, 1.82) is 0 Å². The van der Waals surface area contributed by atoms with Crippen LogP contribution in [0.2, 0.25) is 0 Å². The highest BCUT2D eigenvalue weighted by molar-refractivity contribution is 5.95. The molecule has 1 aromatic heterocycles. The van der Waals surface area contributed by atoms with Gasteiger partial charge in [-0.1, -0.05) is 44.9 Å². The minimum Gasteiger partial charge on any atom is -0.472 e. The summed E-state index contributed by atoms with van der Waals surface area (Å²) >= 11 is 0. The molecule has 1 saturated heterocycles. The summed E-state index contributed by atoms with van der Waals surface area (Å²) in [4.78, 5) is 53.8. The minimum absolute atomic E-state index is 0.138. The van der Waals surface area contributed by atoms with E-state index < -0.39 is 58.3 Å². The van der Waals surface area contributed by atoms with Crippen molar-refractivity contribution in [3.63, 3.8) is 0 Å². The number of aliphatic hydroxyl groups is 1. The second-order valence-electron chi connectivity index (χ2n) is 13.8. The molecule has 0 amide bonds. The second-order valence-corrected chi connectivity index (χ2v) is 13.8. The summed E-state index contributed by atoms with van der Waals surface area (Å²) in [7, 11) is 1.20. The van der Waals surface area contributed by atoms with Crippen LogP contribution in [0.3, 0.4) is 0 Å². The van der Waals surface area contributed by atoms with Gasteiger partial charge in [0.05, 0.1) is 32.0 Å². The highest BCUT2D eigenvalue weighted by atomic mass is 16.6. The second kappa shape index (κ2) is 10.2. The molecule has 5 rings (SSSR count). The van der Waals surface area contributed by atoms with Crippen molar-refractivity contribution in [3.05, 3.63) is 47.0 Å². The molecule has 4 aliphatic rings. The average molecular weight is 583 g/mol. The highest BCUT2D eigenvalue weighted by Crippen LogP contribution is 2.68. The molecule has 1 aromatic rings. The molecule has 1 N–H and O–H groups in total. The first-order valence-electron chi connectivity index (χ1n) is 14.7. The summed E-state index contributed by atoms with van der Waals surface area (Å²) in [5.41, 5.74) is 0.256. The number of cyclic esters (lactones) is 1. The van der Waals surface area contributed by atoms with Crippen LogP contribution < -0.4 is 0 Å². The van der Waals surface area contributed by atoms with Crippen LogP contribution in [-0.2, 0) is 33.4 Å². The molecular weight excluding hydrogens is 540 g/mol. The zero-order chi connectivity index (χ0) is 30.9. The standard InChI is InChI=1S/C33H42O9/c1-16(2)17(3)29(37)42-28-20-13-19-21(33(7,26(20)36)25(31(28,4)5)24(35)30(38)39-8)9-11-32(6)22(19)14-23(34)41-27(32)18-10-12-40-15-18/h10,12-13,15,20-22,24-25,27-28,35H,9,11,14H2,1-8H3/t20-,21-,22+,24-,25+,27+,28+,32-,33-/m1/s1. The van der Waals surface area contributed by atoms with Crippen LogP contribution in [0.1, 0.15) is 79.4 Å². The molecule has 2 saturated carbocycles. The van der Waals surface area contributed by atoms with Gasteiger partial charge in [-0.3, -0.25) is 9.59 Å². The first-order valence-corrected chi connectivity index (χ1v) is 14.7. The van der Waals surface area contributed by atoms with E-state index in [9.17, 15) is 24.3 Å². The van der Waals surface area contributed by atoms with E-state index in [2.05, 4.69) is 6.92 Å². The van der Waals surface area contributed by atoms with Gasteiger partial charge >= 0.3 is 17.9 Å². The summed E-state index contributed by atoms with van der Waals surface area (Å²) < 4.78 is 22.4. The molecule has 0 aromatic carbocycles. The number of allylic oxidation sites excluding steroid dienone is 2. The van der Waals surface area contributed by atoms with E-state index in [4.69, 9.17) is 18.6 Å². The number of fused-ring (bicyclic) bond motifs is 6. The van der Waals surface area contributed by atoms with Gasteiger partial charge in [-0.25, -0.2) is 9.59 Å². The molecule has 228 valence electrons. The maximum Gasteiger partial charge on any atom is 0.335 e. The molecule has 1 aliphatic heterocycles. The summed E-state index contributed by atoms with van der Waals surface area (Å²) in [6.45, 7) is 12.9. The van der Waals surface area contributed by atoms with Crippen LogP contribution in [0.4, 0.5) is 0 Å². The Hall–Kier alpha value is -3.20. The molecular formula is C33H42O9. The number of ether oxygens (including phenoxy) is 3. The third-order valence-electron chi connectivity index (χ3n) is 11.1. The van der Waals surface area contributed by atoms with Crippen LogP contribution in [0, 0.1) is 39.9 Å². The number of rotatable bonds is 5. The van der Waals surface area contributed by atoms with Crippen LogP contribution in [0.25, 0.3) is 0 Å². The van der Waals surface area contributed by atoms with Gasteiger partial charge in [0.1, 0.15) is 18.0 Å². The molecule has 9 nitrogen and oxygen atoms in total. The van der Waals surface area contributed by atoms with Gasteiger partial charge in [-0.05, 0) is 51.5 Å². The zero-order valence-electron chi connectivity index (χ0n) is 25.7. The molecule has 9 atom stereocenters. The minimum atomic E-state index is -1.63. The Labute approximate surface area is 246 Å². The van der Waals surface area contributed by atoms with E-state index in [1.165, 1.54) is 7.11 Å². The van der Waals surface area contributed by atoms with Crippen LogP contribution in [-0.4, -0.2) is 48.1 Å². The number of hydrogen-bond acceptors (Lipinski definition) is 9. The molecule has 0 unspecified atom stereocenters. The summed E-state index contributed by atoms with van der Waals surface area (Å²) in [5.74, 6) is -4.26. The smallest absolute Gasteiger partial charge is 0.335 e. The van der Waals surface area contributed by atoms with Gasteiger partial charge in [0.15, 0.2) is 6.10 Å². The number of furan rings is 1. The van der Waals surface area contributed by atoms with Crippen molar-refractivity contribution in [2.75, 3.05) is 7.11 Å². The Bertz CT molecular complexity index is 1360. The summed E-state index contributed by atoms with van der Waals surface area (Å²) in [5, 5.41) is 11.5. The number of carbonyl (C=O) groups is 4. The van der Waals surface area contributed by atoms with Crippen molar-refractivity contribution in [2.24, 2.45) is 39.9 Å². The maximum absolute atomic E-state index is 14.5. The number of methoxy groups -OCH3 is 1. The van der Waals surface area contributed by atoms with Crippen molar-refractivity contribution in [1.82, 2.24) is 0 Å². The number of aliphatic hydroxyl groups excluding tert-OH is 1. The number of hydrogen-bond donors (Lipinski definition) is 1. The maximum atomic E-state index is 14.5. The monoisotopic (exact) mass is 582 g/mol. The number of esters is 3. The Morgan fingerprint density at radius 2 is 1.79 bits per heavy atom. The van der Waals surface area contributed by atoms with Crippen molar-refractivity contribution >= 4 is 23.7 Å². The summed E-state index contributed by atoms with van der Waals surface area (Å²) in [6.07, 6.45) is 3.33. The van der Waals surface area contributed by atoms with E-state index in [0.717, 1.165) is 16.7 Å². The largest absolute Gasteiger partial charge is 0.472 e. The van der Waals surface area contributed by atoms with E-state index in [0.29, 0.717) is 18.4 Å². The lowest BCUT2D eigenvalue weighted by Crippen LogP contribution is -2.69. The number of ketones is 1. The van der Waals surface area contributed by atoms with Gasteiger partial charge in [-0.15, -0.1) is 0 Å². The van der Waals surface area contributed by atoms with Crippen LogP contribution in [0.15, 0.2) is 45.8 Å². The van der Waals surface area contributed by atoms with Crippen molar-refractivity contribution < 1.29 is 42.9 Å². The molecule has 2 bridgehead atoms. The summed E-state index contributed by atoms with van der Waals surface area (Å²) in [6, 6.07) is 1.80. The third-order valence-corrected chi connectivity index (χ3v) is 11.1. The fourth-order valence-corrected chi connectivity index (χ4v) is 8.76. The van der Waals surface area contributed by atoms with E-state index >= 15 is 0 Å². The van der Waals surface area contributed by atoms with E-state index in [1.807, 2.05) is 40.7 Å². The van der Waals surface area contributed by atoms with Gasteiger partial charge in [0.25, 0.3) is 0 Å². The fraction of sp³-hybridized carbons (Fsp3) is 0.636. The lowest BCUT2D eigenvalue weighted by Gasteiger charge is -2.64. The normalized spacial score (nSPS) is 37.3. The molecule has 42 heavy (non-hydrogen) atoms. The van der Waals surface area contributed by atoms with E-state index in [-0.39, 0.29) is 30.0 Å². The SMILES string of the molecule is COC(=O)[C@H](O)[C@H]1C(C)(C)[C@@H](OC(=O)C(C)=C(C)C)[C@@H]2C=C3[C@@H](CC[C@]4(C)[C@H]3CC(=O)O[C@H]4c3ccoc3)[C@@]1(C)C2=O. The lowest BCUT2D eigenvalue weighted by atomic mass is 9.40. The molecule has 3 fully saturated rings. The average Bonchev–Trinajstić information content (AvgIpc) is 3.46. The predicted octanol–water partition coefficient (Wildman–Crippen LogP) is 4.89. The van der Waals surface area contributed by atoms with Crippen LogP contribution >= 0.6 is 0 Å². The molecule has 0 radical (unpaired) electrons. The molecule has 3 aliphatic carbocycles. The van der Waals surface area contributed by atoms with Gasteiger partial charge in [-0.2, -0.15) is 0 Å². The highest BCUT2D eigenvalue weighted by Gasteiger charge is 2.70. The third kappa shape index (κ3) is 4.21. The number of Topliss-reactive ketones (excluding diaryl/α,β-unsaturated/α-hetero) is 1. The fourth-order valence-electron chi connectivity index (χ4n) is 8.76. The number of carbonyl (C=O) groups excluding carboxylic acids is 4. The Morgan fingerprint density at radius 1 is 1.10 bits per heavy atom. The van der Waals surface area contributed by atoms with Gasteiger partial charge in [0.2, 0.25) is 0 Å². The first-order chi connectivity index (χ1) is 19.6. The van der Waals surface area contributed by atoms with Gasteiger partial charge in [0, 0.05) is 33.3 Å². The lowest BCUT2D eigenvalue weighted by molar-refractivity contribution is -0.208. The predicted molar refractivity (Wildman–Crippen MR) is 150 cm³/mol. The first kappa shape index (κ1) is 30.3. The Kier molecular flexibility index (Phi) is 7.36. The molecule has 2 heterocycles. The van der Waals surface area contributed by atoms with Crippen molar-refractivity contribution in [2.45, 2.75) is 86.0 Å². The topological polar surface area (TPSA) is 129 Å². The quantitative estimate of drug-likeness (QED) is 0.223. The molecule has 0 spiro atoms. The van der Waals surface area contributed by atoms with E-state index in [1.54, 1.807) is 25.5 Å². The van der Waals surface area contributed by atoms with Gasteiger partial charge < -0.3 is 23.7 Å². The Morgan fingerprint density at radius 3 is 2.38 bits per heavy atom. The Balaban J connectivity index is 1.69. The van der Waals surface area contributed by atoms with Crippen LogP contribution in [0.5, 0.6) is 0 Å². The zero-order valence-corrected chi connectivity index (χ0v) is 25.7. The van der Waals surface area contributed by atoms with Crippen molar-refractivity contribution in [3.8, 4) is 0 Å².